The van der Waals surface area contributed by atoms with E-state index in [9.17, 15) is 0 Å². The Morgan fingerprint density at radius 1 is 0.964 bits per heavy atom. The second-order valence-electron chi connectivity index (χ2n) is 7.35. The lowest BCUT2D eigenvalue weighted by molar-refractivity contribution is 0.0778. The molecule has 0 spiro atoms. The number of aromatic nitrogens is 2. The van der Waals surface area contributed by atoms with E-state index in [2.05, 4.69) is 16.7 Å². The van der Waals surface area contributed by atoms with Crippen molar-refractivity contribution >= 4 is 12.2 Å². The molecule has 0 fully saturated rings. The zero-order valence-electron chi connectivity index (χ0n) is 15.6. The number of hydrogen-bond acceptors (Lipinski definition) is 4. The molecule has 0 saturated heterocycles. The minimum Gasteiger partial charge on any atom is -0.486 e. The minimum absolute atomic E-state index is 0.0637. The molecule has 28 heavy (non-hydrogen) atoms. The van der Waals surface area contributed by atoms with E-state index >= 15 is 0 Å². The normalized spacial score (nSPS) is 17.8. The summed E-state index contributed by atoms with van der Waals surface area (Å²) in [6.45, 7) is 1.23. The van der Waals surface area contributed by atoms with Crippen molar-refractivity contribution in [2.24, 2.45) is 0 Å². The largest absolute Gasteiger partial charge is 0.486 e. The van der Waals surface area contributed by atoms with Gasteiger partial charge >= 0.3 is 0 Å². The SMILES string of the molecule is S=c1nc(-c2ccccc2)n(C[C@@H]2COc3ccccc3O2)c2c1CCCC2. The lowest BCUT2D eigenvalue weighted by atomic mass is 9.96. The number of benzene rings is 2. The molecule has 1 atom stereocenters. The molecule has 5 rings (SSSR count). The molecule has 2 aliphatic rings. The first-order valence-electron chi connectivity index (χ1n) is 9.86. The van der Waals surface area contributed by atoms with Crippen molar-refractivity contribution in [3.8, 4) is 22.9 Å². The molecule has 0 amide bonds. The van der Waals surface area contributed by atoms with Gasteiger partial charge in [0.25, 0.3) is 0 Å². The molecule has 0 bridgehead atoms. The van der Waals surface area contributed by atoms with E-state index in [1.165, 1.54) is 24.1 Å². The molecule has 1 aliphatic carbocycles. The van der Waals surface area contributed by atoms with Crippen LogP contribution < -0.4 is 9.47 Å². The molecule has 2 aromatic carbocycles. The van der Waals surface area contributed by atoms with Crippen molar-refractivity contribution in [1.29, 1.82) is 0 Å². The fourth-order valence-electron chi connectivity index (χ4n) is 4.13. The van der Waals surface area contributed by atoms with E-state index in [0.717, 1.165) is 40.4 Å². The van der Waals surface area contributed by atoms with Crippen molar-refractivity contribution in [2.45, 2.75) is 38.3 Å². The molecule has 2 heterocycles. The Labute approximate surface area is 169 Å². The Bertz CT molecular complexity index is 1060. The number of fused-ring (bicyclic) bond motifs is 2. The smallest absolute Gasteiger partial charge is 0.161 e. The Balaban J connectivity index is 1.57. The summed E-state index contributed by atoms with van der Waals surface area (Å²) in [7, 11) is 0. The molecule has 5 heteroatoms. The predicted octanol–water partition coefficient (Wildman–Crippen LogP) is 5.00. The molecular formula is C23H22N2O2S. The van der Waals surface area contributed by atoms with E-state index < -0.39 is 0 Å². The van der Waals surface area contributed by atoms with Gasteiger partial charge in [0.2, 0.25) is 0 Å². The second-order valence-corrected chi connectivity index (χ2v) is 7.73. The molecule has 4 nitrogen and oxygen atoms in total. The zero-order chi connectivity index (χ0) is 18.9. The summed E-state index contributed by atoms with van der Waals surface area (Å²) in [5.41, 5.74) is 3.63. The third kappa shape index (κ3) is 3.20. The highest BCUT2D eigenvalue weighted by molar-refractivity contribution is 7.71. The Hall–Kier alpha value is -2.66. The maximum absolute atomic E-state index is 6.25. The molecule has 0 saturated carbocycles. The molecular weight excluding hydrogens is 368 g/mol. The van der Waals surface area contributed by atoms with E-state index in [0.29, 0.717) is 13.2 Å². The lowest BCUT2D eigenvalue weighted by Gasteiger charge is -2.30. The minimum atomic E-state index is -0.0637. The van der Waals surface area contributed by atoms with Crippen LogP contribution in [0.3, 0.4) is 0 Å². The van der Waals surface area contributed by atoms with Crippen LogP contribution in [0, 0.1) is 4.64 Å². The van der Waals surface area contributed by atoms with Gasteiger partial charge in [-0.2, -0.15) is 0 Å². The summed E-state index contributed by atoms with van der Waals surface area (Å²) in [5, 5.41) is 0. The second kappa shape index (κ2) is 7.40. The van der Waals surface area contributed by atoms with Crippen LogP contribution >= 0.6 is 12.2 Å². The fraction of sp³-hybridized carbons (Fsp3) is 0.304. The van der Waals surface area contributed by atoms with Crippen molar-refractivity contribution in [2.75, 3.05) is 6.61 Å². The predicted molar refractivity (Wildman–Crippen MR) is 111 cm³/mol. The van der Waals surface area contributed by atoms with Crippen molar-refractivity contribution in [3.05, 3.63) is 70.5 Å². The molecule has 1 aromatic heterocycles. The quantitative estimate of drug-likeness (QED) is 0.590. The maximum atomic E-state index is 6.25. The van der Waals surface area contributed by atoms with Gasteiger partial charge in [0, 0.05) is 16.8 Å². The van der Waals surface area contributed by atoms with E-state index in [-0.39, 0.29) is 6.10 Å². The third-order valence-corrected chi connectivity index (χ3v) is 5.81. The van der Waals surface area contributed by atoms with Gasteiger partial charge in [0.1, 0.15) is 17.1 Å². The third-order valence-electron chi connectivity index (χ3n) is 5.47. The van der Waals surface area contributed by atoms with Crippen LogP contribution in [-0.2, 0) is 19.4 Å². The average Bonchev–Trinajstić information content (AvgIpc) is 2.76. The van der Waals surface area contributed by atoms with Crippen LogP contribution in [0.2, 0.25) is 0 Å². The topological polar surface area (TPSA) is 36.3 Å². The number of para-hydroxylation sites is 2. The average molecular weight is 391 g/mol. The number of rotatable bonds is 3. The highest BCUT2D eigenvalue weighted by Gasteiger charge is 2.25. The van der Waals surface area contributed by atoms with Crippen LogP contribution in [0.25, 0.3) is 11.4 Å². The molecule has 0 N–H and O–H groups in total. The van der Waals surface area contributed by atoms with Crippen LogP contribution in [0.15, 0.2) is 54.6 Å². The monoisotopic (exact) mass is 390 g/mol. The molecule has 0 unspecified atom stereocenters. The summed E-state index contributed by atoms with van der Waals surface area (Å²) in [5.74, 6) is 2.55. The number of hydrogen-bond donors (Lipinski definition) is 0. The van der Waals surface area contributed by atoms with Crippen LogP contribution in [0.5, 0.6) is 11.5 Å². The van der Waals surface area contributed by atoms with Gasteiger partial charge in [-0.3, -0.25) is 0 Å². The highest BCUT2D eigenvalue weighted by atomic mass is 32.1. The van der Waals surface area contributed by atoms with Gasteiger partial charge in [0.15, 0.2) is 17.6 Å². The summed E-state index contributed by atoms with van der Waals surface area (Å²) in [6, 6.07) is 18.1. The van der Waals surface area contributed by atoms with Gasteiger partial charge < -0.3 is 14.0 Å². The zero-order valence-corrected chi connectivity index (χ0v) is 16.5. The lowest BCUT2D eigenvalue weighted by Crippen LogP contribution is -2.35. The van der Waals surface area contributed by atoms with Crippen molar-refractivity contribution < 1.29 is 9.47 Å². The van der Waals surface area contributed by atoms with Gasteiger partial charge in [0.05, 0.1) is 6.54 Å². The van der Waals surface area contributed by atoms with E-state index in [1.807, 2.05) is 42.5 Å². The highest BCUT2D eigenvalue weighted by Crippen LogP contribution is 2.33. The summed E-state index contributed by atoms with van der Waals surface area (Å²) in [4.78, 5) is 4.85. The molecule has 3 aromatic rings. The summed E-state index contributed by atoms with van der Waals surface area (Å²) < 4.78 is 15.3. The van der Waals surface area contributed by atoms with Gasteiger partial charge in [-0.15, -0.1) is 0 Å². The standard InChI is InChI=1S/C23H22N2O2S/c28-23-18-10-4-5-11-19(18)25(22(24-23)16-8-2-1-3-9-16)14-17-15-26-20-12-6-7-13-21(20)27-17/h1-3,6-9,12-13,17H,4-5,10-11,14-15H2/t17-/m1/s1. The van der Waals surface area contributed by atoms with Gasteiger partial charge in [-0.25, -0.2) is 4.98 Å². The first-order chi connectivity index (χ1) is 13.8. The maximum Gasteiger partial charge on any atom is 0.161 e. The Morgan fingerprint density at radius 2 is 1.71 bits per heavy atom. The fourth-order valence-corrected chi connectivity index (χ4v) is 4.44. The van der Waals surface area contributed by atoms with Gasteiger partial charge in [-0.05, 0) is 37.8 Å². The Kier molecular flexibility index (Phi) is 4.61. The van der Waals surface area contributed by atoms with Gasteiger partial charge in [-0.1, -0.05) is 54.7 Å². The molecule has 0 radical (unpaired) electrons. The first-order valence-corrected chi connectivity index (χ1v) is 10.3. The number of ether oxygens (including phenoxy) is 2. The van der Waals surface area contributed by atoms with Crippen LogP contribution in [0.4, 0.5) is 0 Å². The Morgan fingerprint density at radius 3 is 2.57 bits per heavy atom. The molecule has 1 aliphatic heterocycles. The first kappa shape index (κ1) is 17.4. The summed E-state index contributed by atoms with van der Waals surface area (Å²) >= 11 is 5.66. The molecule has 142 valence electrons. The van der Waals surface area contributed by atoms with Crippen LogP contribution in [-0.4, -0.2) is 22.3 Å². The van der Waals surface area contributed by atoms with E-state index in [4.69, 9.17) is 26.7 Å². The van der Waals surface area contributed by atoms with Crippen molar-refractivity contribution in [3.63, 3.8) is 0 Å². The van der Waals surface area contributed by atoms with Crippen molar-refractivity contribution in [1.82, 2.24) is 9.55 Å². The van der Waals surface area contributed by atoms with E-state index in [1.54, 1.807) is 0 Å². The number of nitrogens with zero attached hydrogens (tertiary/aromatic N) is 2. The summed E-state index contributed by atoms with van der Waals surface area (Å²) in [6.07, 6.45) is 4.35. The van der Waals surface area contributed by atoms with Crippen LogP contribution in [0.1, 0.15) is 24.1 Å².